The summed E-state index contributed by atoms with van der Waals surface area (Å²) in [5.74, 6) is 0. The van der Waals surface area contributed by atoms with Crippen LogP contribution in [0.3, 0.4) is 0 Å². The number of carbonyl (C=O) groups is 1. The highest BCUT2D eigenvalue weighted by Gasteiger charge is 0.996. The zero-order chi connectivity index (χ0) is 2.71. The number of carbonyl (C=O) groups excluding carboxylic acids is 1. The molecule has 0 saturated heterocycles. The molecule has 0 aromatic heterocycles. The summed E-state index contributed by atoms with van der Waals surface area (Å²) in [5.41, 5.74) is 0. The van der Waals surface area contributed by atoms with Crippen LogP contribution in [0.2, 0.25) is 0 Å². The van der Waals surface area contributed by atoms with Crippen molar-refractivity contribution in [3.05, 3.63) is 0 Å². The van der Waals surface area contributed by atoms with Crippen LogP contribution in [0.4, 0.5) is 0 Å². The Morgan fingerprint density at radius 3 is 1.75 bits per heavy atom. The lowest BCUT2D eigenvalue weighted by atomic mass is 11.7. The van der Waals surface area contributed by atoms with Gasteiger partial charge in [-0.05, 0) is 0 Å². The Morgan fingerprint density at radius 1 is 1.75 bits per heavy atom. The zero-order valence-corrected chi connectivity index (χ0v) is 2.62. The van der Waals surface area contributed by atoms with E-state index < -0.39 is 6.47 Å². The minimum atomic E-state index is -0.500. The molecular weight excluding hydrogens is 79.5 g/mol. The van der Waals surface area contributed by atoms with Crippen LogP contribution in [-0.2, 0) is 4.79 Å². The van der Waals surface area contributed by atoms with Crippen molar-refractivity contribution in [3.63, 3.8) is 0 Å². The summed E-state index contributed by atoms with van der Waals surface area (Å²) < 4.78 is 0. The van der Waals surface area contributed by atoms with E-state index in [0.29, 0.717) is 0 Å². The maximum Gasteiger partial charge on any atom is 0.0275 e. The van der Waals surface area contributed by atoms with Crippen LogP contribution in [0, 0.1) is 0 Å². The molecule has 0 fully saturated rings. The average molecular weight is 81.5 g/mol. The molecule has 0 heterocycles. The molecule has 0 radical (unpaired) electrons. The van der Waals surface area contributed by atoms with Crippen molar-refractivity contribution in [2.24, 2.45) is 0 Å². The summed E-state index contributed by atoms with van der Waals surface area (Å²) in [4.78, 5) is 8.25. The lowest BCUT2D eigenvalue weighted by molar-refractivity contribution is -0.283. The SMILES string of the molecule is Cl.O=C[O-]. The van der Waals surface area contributed by atoms with Crippen molar-refractivity contribution in [2.75, 3.05) is 0 Å². The van der Waals surface area contributed by atoms with Crippen LogP contribution >= 0.6 is 12.4 Å². The molecule has 4 heavy (non-hydrogen) atoms. The summed E-state index contributed by atoms with van der Waals surface area (Å²) in [6.45, 7) is -0.500. The van der Waals surface area contributed by atoms with Gasteiger partial charge in [-0.1, -0.05) is 0 Å². The van der Waals surface area contributed by atoms with Crippen molar-refractivity contribution in [1.29, 1.82) is 0 Å². The molecule has 0 aliphatic heterocycles. The maximum atomic E-state index is 8.25. The van der Waals surface area contributed by atoms with E-state index in [1.807, 2.05) is 0 Å². The number of rotatable bonds is 0. The van der Waals surface area contributed by atoms with Gasteiger partial charge in [0.2, 0.25) is 0 Å². The fraction of sp³-hybridized carbons (Fsp3) is 0. The summed E-state index contributed by atoms with van der Waals surface area (Å²) in [7, 11) is 0. The van der Waals surface area contributed by atoms with Crippen LogP contribution in [-0.4, -0.2) is 6.47 Å². The molecule has 0 atom stereocenters. The highest BCUT2D eigenvalue weighted by Crippen LogP contribution is 0.754. The number of hydrogen-bond donors (Lipinski definition) is 0. The van der Waals surface area contributed by atoms with Crippen molar-refractivity contribution >= 4 is 18.9 Å². The third kappa shape index (κ3) is 17.6. The normalized spacial score (nSPS) is 3.00. The minimum Gasteiger partial charge on any atom is -0.554 e. The molecule has 0 unspecified atom stereocenters. The molecular formula is CH2ClO2-. The molecule has 26 valence electrons. The molecule has 0 aromatic carbocycles. The Hall–Kier alpha value is -0.240. The number of hydrogen-bond acceptors (Lipinski definition) is 2. The fourth-order valence-electron chi connectivity index (χ4n) is 0. The highest BCUT2D eigenvalue weighted by molar-refractivity contribution is 5.85. The quantitative estimate of drug-likeness (QED) is 0.343. The van der Waals surface area contributed by atoms with Gasteiger partial charge in [0.15, 0.2) is 0 Å². The van der Waals surface area contributed by atoms with Crippen LogP contribution in [0.15, 0.2) is 0 Å². The van der Waals surface area contributed by atoms with Crippen molar-refractivity contribution < 1.29 is 9.90 Å². The first-order valence-electron chi connectivity index (χ1n) is 0.471. The molecule has 0 amide bonds. The standard InChI is InChI=1S/CH2O2.ClH/c2-1-3;/h1H,(H,2,3);1H/p-1. The first kappa shape index (κ1) is 9.25. The van der Waals surface area contributed by atoms with Gasteiger partial charge in [-0.3, -0.25) is 0 Å². The Balaban J connectivity index is 0. The monoisotopic (exact) mass is 81.0 g/mol. The van der Waals surface area contributed by atoms with E-state index in [4.69, 9.17) is 9.90 Å². The van der Waals surface area contributed by atoms with Gasteiger partial charge >= 0.3 is 0 Å². The molecule has 0 saturated carbocycles. The first-order chi connectivity index (χ1) is 1.41. The average Bonchev–Trinajstić information content (AvgIpc) is 0.918. The molecule has 2 nitrogen and oxygen atoms in total. The minimum absolute atomic E-state index is 0. The first-order valence-corrected chi connectivity index (χ1v) is 0.471. The number of halogens is 1. The second kappa shape index (κ2) is 14.8. The van der Waals surface area contributed by atoms with Gasteiger partial charge in [0.1, 0.15) is 0 Å². The summed E-state index contributed by atoms with van der Waals surface area (Å²) in [6, 6.07) is 0. The van der Waals surface area contributed by atoms with Gasteiger partial charge in [-0.15, -0.1) is 12.4 Å². The third-order valence-electron chi connectivity index (χ3n) is 0. The van der Waals surface area contributed by atoms with E-state index in [0.717, 1.165) is 0 Å². The molecule has 0 aromatic rings. The predicted octanol–water partition coefficient (Wildman–Crippen LogP) is -1.21. The Kier molecular flexibility index (Phi) is 34.2. The van der Waals surface area contributed by atoms with Crippen molar-refractivity contribution in [3.8, 4) is 0 Å². The molecule has 3 heteroatoms. The Bertz CT molecular complexity index is 13.5. The predicted molar refractivity (Wildman–Crippen MR) is 13.3 cm³/mol. The molecule has 0 aliphatic rings. The lowest BCUT2D eigenvalue weighted by Gasteiger charge is -1.52. The molecule has 0 aliphatic carbocycles. The molecule has 0 bridgehead atoms. The van der Waals surface area contributed by atoms with E-state index in [-0.39, 0.29) is 12.4 Å². The van der Waals surface area contributed by atoms with Gasteiger partial charge < -0.3 is 9.90 Å². The molecule has 0 spiro atoms. The fourth-order valence-corrected chi connectivity index (χ4v) is 0. The van der Waals surface area contributed by atoms with E-state index in [1.165, 1.54) is 0 Å². The summed E-state index contributed by atoms with van der Waals surface area (Å²) in [5, 5.41) is 8.25. The second-order valence-corrected chi connectivity index (χ2v) is 0.0962. The van der Waals surface area contributed by atoms with Gasteiger partial charge in [0, 0.05) is 6.47 Å². The van der Waals surface area contributed by atoms with E-state index in [2.05, 4.69) is 0 Å². The maximum absolute atomic E-state index is 8.25. The third-order valence-corrected chi connectivity index (χ3v) is 0. The largest absolute Gasteiger partial charge is 0.554 e. The van der Waals surface area contributed by atoms with Gasteiger partial charge in [-0.2, -0.15) is 0 Å². The van der Waals surface area contributed by atoms with E-state index in [1.54, 1.807) is 0 Å². The van der Waals surface area contributed by atoms with E-state index in [9.17, 15) is 0 Å². The lowest BCUT2D eigenvalue weighted by Crippen LogP contribution is -2.01. The van der Waals surface area contributed by atoms with Crippen LogP contribution < -0.4 is 5.11 Å². The smallest absolute Gasteiger partial charge is 0.0275 e. The Morgan fingerprint density at radius 2 is 1.75 bits per heavy atom. The Labute approximate surface area is 29.8 Å². The summed E-state index contributed by atoms with van der Waals surface area (Å²) >= 11 is 0. The van der Waals surface area contributed by atoms with Crippen LogP contribution in [0.5, 0.6) is 0 Å². The van der Waals surface area contributed by atoms with Crippen molar-refractivity contribution in [2.45, 2.75) is 0 Å². The van der Waals surface area contributed by atoms with Crippen LogP contribution in [0.25, 0.3) is 0 Å². The van der Waals surface area contributed by atoms with Gasteiger partial charge in [0.05, 0.1) is 0 Å². The van der Waals surface area contributed by atoms with Crippen LogP contribution in [0.1, 0.15) is 0 Å². The zero-order valence-electron chi connectivity index (χ0n) is 1.80. The molecule has 0 N–H and O–H groups in total. The second-order valence-electron chi connectivity index (χ2n) is 0.0962. The highest BCUT2D eigenvalue weighted by atomic mass is 35.5. The van der Waals surface area contributed by atoms with Gasteiger partial charge in [0.25, 0.3) is 0 Å². The van der Waals surface area contributed by atoms with E-state index >= 15 is 0 Å². The summed E-state index contributed by atoms with van der Waals surface area (Å²) in [6.07, 6.45) is 0. The number of carboxylic acid groups (broad SMARTS) is 1. The molecule has 0 rings (SSSR count). The topological polar surface area (TPSA) is 40.1 Å². The van der Waals surface area contributed by atoms with Crippen molar-refractivity contribution in [1.82, 2.24) is 0 Å². The van der Waals surface area contributed by atoms with Gasteiger partial charge in [-0.25, -0.2) is 0 Å².